The highest BCUT2D eigenvalue weighted by Crippen LogP contribution is 2.43. The number of ether oxygens (including phenoxy) is 1. The maximum absolute atomic E-state index is 6.33. The monoisotopic (exact) mass is 305 g/mol. The molecule has 124 valence electrons. The fourth-order valence-corrected chi connectivity index (χ4v) is 4.11. The first kappa shape index (κ1) is 16.0. The summed E-state index contributed by atoms with van der Waals surface area (Å²) in [6.07, 6.45) is 12.2. The maximum Gasteiger partial charge on any atom is 0.0683 e. The molecule has 3 rings (SSSR count). The van der Waals surface area contributed by atoms with Crippen LogP contribution in [0.3, 0.4) is 0 Å². The Bertz CT molecular complexity index is 455. The Morgan fingerprint density at radius 1 is 1.36 bits per heavy atom. The van der Waals surface area contributed by atoms with Crippen molar-refractivity contribution in [2.45, 2.75) is 76.4 Å². The molecule has 1 atom stereocenters. The average Bonchev–Trinajstić information content (AvgIpc) is 3.16. The van der Waals surface area contributed by atoms with Gasteiger partial charge in [-0.25, -0.2) is 0 Å². The molecule has 22 heavy (non-hydrogen) atoms. The highest BCUT2D eigenvalue weighted by molar-refractivity contribution is 5.21. The van der Waals surface area contributed by atoms with Gasteiger partial charge in [-0.05, 0) is 45.7 Å². The van der Waals surface area contributed by atoms with Gasteiger partial charge >= 0.3 is 0 Å². The van der Waals surface area contributed by atoms with Crippen molar-refractivity contribution >= 4 is 0 Å². The molecule has 0 radical (unpaired) electrons. The van der Waals surface area contributed by atoms with Crippen LogP contribution >= 0.6 is 0 Å². The average molecular weight is 305 g/mol. The molecule has 2 heterocycles. The molecule has 1 saturated carbocycles. The van der Waals surface area contributed by atoms with E-state index in [1.54, 1.807) is 0 Å². The van der Waals surface area contributed by atoms with Crippen LogP contribution in [-0.4, -0.2) is 40.9 Å². The van der Waals surface area contributed by atoms with E-state index in [1.165, 1.54) is 62.6 Å². The highest BCUT2D eigenvalue weighted by Gasteiger charge is 2.39. The Kier molecular flexibility index (Phi) is 5.19. The minimum Gasteiger partial charge on any atom is -0.374 e. The lowest BCUT2D eigenvalue weighted by atomic mass is 9.85. The van der Waals surface area contributed by atoms with Gasteiger partial charge in [-0.15, -0.1) is 0 Å². The number of hydrogen-bond acceptors (Lipinski definition) is 3. The van der Waals surface area contributed by atoms with Gasteiger partial charge in [0.25, 0.3) is 0 Å². The molecule has 4 heteroatoms. The predicted molar refractivity (Wildman–Crippen MR) is 89.0 cm³/mol. The number of aromatic nitrogens is 2. The zero-order chi connectivity index (χ0) is 15.4. The molecule has 4 nitrogen and oxygen atoms in total. The van der Waals surface area contributed by atoms with Crippen LogP contribution in [-0.2, 0) is 11.3 Å². The lowest BCUT2D eigenvalue weighted by Gasteiger charge is -2.37. The minimum atomic E-state index is 0.231. The summed E-state index contributed by atoms with van der Waals surface area (Å²) in [5.74, 6) is 0.503. The molecule has 0 aromatic carbocycles. The molecule has 0 bridgehead atoms. The maximum atomic E-state index is 6.33. The molecule has 1 aromatic heterocycles. The number of hydrogen-bond donors (Lipinski definition) is 1. The summed E-state index contributed by atoms with van der Waals surface area (Å²) >= 11 is 0. The molecule has 1 aliphatic carbocycles. The molecule has 1 spiro atoms. The molecule has 1 saturated heterocycles. The fourth-order valence-electron chi connectivity index (χ4n) is 4.11. The van der Waals surface area contributed by atoms with Gasteiger partial charge in [0.1, 0.15) is 0 Å². The van der Waals surface area contributed by atoms with Gasteiger partial charge in [0.2, 0.25) is 0 Å². The summed E-state index contributed by atoms with van der Waals surface area (Å²) in [5.41, 5.74) is 2.90. The van der Waals surface area contributed by atoms with E-state index in [0.29, 0.717) is 5.92 Å². The Morgan fingerprint density at radius 3 is 2.86 bits per heavy atom. The Labute approximate surface area is 134 Å². The second-order valence-corrected chi connectivity index (χ2v) is 7.34. The molecular formula is C18H31N3O. The highest BCUT2D eigenvalue weighted by atomic mass is 16.5. The summed E-state index contributed by atoms with van der Waals surface area (Å²) in [6.45, 7) is 5.27. The van der Waals surface area contributed by atoms with E-state index in [9.17, 15) is 0 Å². The van der Waals surface area contributed by atoms with Crippen molar-refractivity contribution in [1.29, 1.82) is 0 Å². The lowest BCUT2D eigenvalue weighted by molar-refractivity contribution is -0.0824. The third kappa shape index (κ3) is 3.54. The van der Waals surface area contributed by atoms with Gasteiger partial charge in [-0.3, -0.25) is 5.10 Å². The van der Waals surface area contributed by atoms with Crippen LogP contribution in [0.1, 0.15) is 75.5 Å². The van der Waals surface area contributed by atoms with Crippen LogP contribution in [0, 0.1) is 0 Å². The third-order valence-corrected chi connectivity index (χ3v) is 5.55. The van der Waals surface area contributed by atoms with Gasteiger partial charge < -0.3 is 9.64 Å². The van der Waals surface area contributed by atoms with Crippen molar-refractivity contribution in [2.24, 2.45) is 0 Å². The second kappa shape index (κ2) is 7.14. The Hall–Kier alpha value is -0.870. The van der Waals surface area contributed by atoms with E-state index in [4.69, 9.17) is 4.74 Å². The van der Waals surface area contributed by atoms with Crippen LogP contribution in [0.25, 0.3) is 0 Å². The smallest absolute Gasteiger partial charge is 0.0683 e. The minimum absolute atomic E-state index is 0.231. The quantitative estimate of drug-likeness (QED) is 0.868. The molecular weight excluding hydrogens is 274 g/mol. The zero-order valence-corrected chi connectivity index (χ0v) is 14.2. The van der Waals surface area contributed by atoms with E-state index < -0.39 is 0 Å². The first-order valence-corrected chi connectivity index (χ1v) is 9.07. The van der Waals surface area contributed by atoms with Crippen molar-refractivity contribution in [3.05, 3.63) is 17.5 Å². The SMILES string of the molecule is CCCCN(C)Cc1cn[nH]c1C1CCC2(CCCC2)OC1. The van der Waals surface area contributed by atoms with Crippen molar-refractivity contribution in [3.8, 4) is 0 Å². The molecule has 2 aliphatic rings. The summed E-state index contributed by atoms with van der Waals surface area (Å²) in [5, 5.41) is 7.57. The van der Waals surface area contributed by atoms with Crippen molar-refractivity contribution in [3.63, 3.8) is 0 Å². The van der Waals surface area contributed by atoms with Gasteiger partial charge in [-0.2, -0.15) is 5.10 Å². The van der Waals surface area contributed by atoms with Gasteiger partial charge in [0, 0.05) is 23.7 Å². The summed E-state index contributed by atoms with van der Waals surface area (Å²) < 4.78 is 6.33. The third-order valence-electron chi connectivity index (χ3n) is 5.55. The summed E-state index contributed by atoms with van der Waals surface area (Å²) in [7, 11) is 2.21. The second-order valence-electron chi connectivity index (χ2n) is 7.34. The van der Waals surface area contributed by atoms with Crippen LogP contribution in [0.4, 0.5) is 0 Å². The van der Waals surface area contributed by atoms with E-state index in [1.807, 2.05) is 6.20 Å². The van der Waals surface area contributed by atoms with Gasteiger partial charge in [-0.1, -0.05) is 26.2 Å². The van der Waals surface area contributed by atoms with E-state index in [0.717, 1.165) is 19.7 Å². The number of aromatic amines is 1. The largest absolute Gasteiger partial charge is 0.374 e. The topological polar surface area (TPSA) is 41.2 Å². The van der Waals surface area contributed by atoms with Crippen molar-refractivity contribution in [2.75, 3.05) is 20.2 Å². The first-order chi connectivity index (χ1) is 10.7. The van der Waals surface area contributed by atoms with Crippen LogP contribution in [0.2, 0.25) is 0 Å². The molecule has 1 N–H and O–H groups in total. The number of H-pyrrole nitrogens is 1. The van der Waals surface area contributed by atoms with E-state index >= 15 is 0 Å². The fraction of sp³-hybridized carbons (Fsp3) is 0.833. The molecule has 1 aliphatic heterocycles. The van der Waals surface area contributed by atoms with Crippen molar-refractivity contribution < 1.29 is 4.74 Å². The zero-order valence-electron chi connectivity index (χ0n) is 14.2. The molecule has 1 unspecified atom stereocenters. The Balaban J connectivity index is 1.58. The number of nitrogens with one attached hydrogen (secondary N) is 1. The van der Waals surface area contributed by atoms with E-state index in [-0.39, 0.29) is 5.60 Å². The van der Waals surface area contributed by atoms with Gasteiger partial charge in [0.15, 0.2) is 0 Å². The molecule has 1 aromatic rings. The number of nitrogens with zero attached hydrogens (tertiary/aromatic N) is 2. The van der Waals surface area contributed by atoms with Crippen LogP contribution in [0.15, 0.2) is 6.20 Å². The number of rotatable bonds is 6. The van der Waals surface area contributed by atoms with E-state index in [2.05, 4.69) is 29.1 Å². The molecule has 2 fully saturated rings. The van der Waals surface area contributed by atoms with Crippen LogP contribution in [0.5, 0.6) is 0 Å². The summed E-state index contributed by atoms with van der Waals surface area (Å²) in [6, 6.07) is 0. The van der Waals surface area contributed by atoms with Crippen molar-refractivity contribution in [1.82, 2.24) is 15.1 Å². The lowest BCUT2D eigenvalue weighted by Crippen LogP contribution is -2.36. The van der Waals surface area contributed by atoms with Crippen LogP contribution < -0.4 is 0 Å². The number of unbranched alkanes of at least 4 members (excludes halogenated alkanes) is 1. The predicted octanol–water partition coefficient (Wildman–Crippen LogP) is 3.85. The standard InChI is InChI=1S/C18H31N3O/c1-3-4-11-21(2)13-16-12-19-20-17(16)15-7-10-18(22-14-15)8-5-6-9-18/h12,15H,3-11,13-14H2,1-2H3,(H,19,20). The first-order valence-electron chi connectivity index (χ1n) is 9.07. The Morgan fingerprint density at radius 2 is 2.18 bits per heavy atom. The normalized spacial score (nSPS) is 24.4. The van der Waals surface area contributed by atoms with Gasteiger partial charge in [0.05, 0.1) is 18.4 Å². The summed E-state index contributed by atoms with van der Waals surface area (Å²) in [4.78, 5) is 2.40. The molecule has 0 amide bonds.